The summed E-state index contributed by atoms with van der Waals surface area (Å²) >= 11 is 0. The molecule has 0 saturated heterocycles. The number of anilines is 4. The van der Waals surface area contributed by atoms with Crippen molar-refractivity contribution < 1.29 is 0 Å². The van der Waals surface area contributed by atoms with Gasteiger partial charge in [0.05, 0.1) is 29.3 Å². The van der Waals surface area contributed by atoms with Crippen molar-refractivity contribution in [2.24, 2.45) is 0 Å². The van der Waals surface area contributed by atoms with Crippen LogP contribution in [0.1, 0.15) is 36.5 Å². The number of para-hydroxylation sites is 1. The number of pyridine rings is 1. The fourth-order valence-electron chi connectivity index (χ4n) is 6.79. The number of nitrogens with zero attached hydrogens (tertiary/aromatic N) is 5. The number of benzene rings is 2. The summed E-state index contributed by atoms with van der Waals surface area (Å²) in [5.74, 6) is 1.96. The predicted octanol–water partition coefficient (Wildman–Crippen LogP) is 6.87. The van der Waals surface area contributed by atoms with Crippen LogP contribution in [0.5, 0.6) is 0 Å². The third-order valence-electron chi connectivity index (χ3n) is 8.57. The molecular formula is C33H25N5. The van der Waals surface area contributed by atoms with Crippen LogP contribution in [0.15, 0.2) is 109 Å². The van der Waals surface area contributed by atoms with Crippen molar-refractivity contribution >= 4 is 23.0 Å². The number of fused-ring (bicyclic) bond motifs is 6. The lowest BCUT2D eigenvalue weighted by Crippen LogP contribution is -2.43. The van der Waals surface area contributed by atoms with E-state index in [-0.39, 0.29) is 17.5 Å². The fraction of sp³-hybridized carbons (Fsp3) is 0.182. The van der Waals surface area contributed by atoms with Gasteiger partial charge < -0.3 is 9.80 Å². The van der Waals surface area contributed by atoms with Gasteiger partial charge in [0.25, 0.3) is 0 Å². The minimum absolute atomic E-state index is 0.0713. The smallest absolute Gasteiger partial charge is 0.136 e. The van der Waals surface area contributed by atoms with Crippen molar-refractivity contribution in [3.05, 3.63) is 125 Å². The highest BCUT2D eigenvalue weighted by molar-refractivity contribution is 5.80. The molecule has 3 aromatic rings. The van der Waals surface area contributed by atoms with Crippen LogP contribution in [-0.2, 0) is 5.41 Å². The Morgan fingerprint density at radius 1 is 0.868 bits per heavy atom. The number of nitriles is 2. The maximum absolute atomic E-state index is 9.65. The third kappa shape index (κ3) is 2.88. The lowest BCUT2D eigenvalue weighted by atomic mass is 9.74. The zero-order valence-electron chi connectivity index (χ0n) is 21.2. The van der Waals surface area contributed by atoms with Crippen LogP contribution in [0.4, 0.5) is 23.0 Å². The molecule has 0 spiro atoms. The van der Waals surface area contributed by atoms with E-state index in [0.29, 0.717) is 11.1 Å². The highest BCUT2D eigenvalue weighted by Gasteiger charge is 2.49. The van der Waals surface area contributed by atoms with Crippen LogP contribution in [0.3, 0.4) is 0 Å². The normalized spacial score (nSPS) is 27.6. The summed E-state index contributed by atoms with van der Waals surface area (Å²) in [6.07, 6.45) is 14.8. The number of rotatable bonds is 2. The molecule has 2 aliphatic carbocycles. The molecule has 4 aliphatic rings. The minimum Gasteiger partial charge on any atom is -0.318 e. The van der Waals surface area contributed by atoms with Gasteiger partial charge in [0, 0.05) is 28.3 Å². The van der Waals surface area contributed by atoms with E-state index in [4.69, 9.17) is 4.98 Å². The summed E-state index contributed by atoms with van der Waals surface area (Å²) in [5, 5.41) is 19.3. The average Bonchev–Trinajstić information content (AvgIpc) is 3.37. The molecule has 2 aromatic carbocycles. The standard InChI is InChI=1S/C33H25N5/c1-32-19-23(21-35)14-16-29(32)37(28-15-13-22(20-34)18-26(28)32)30-11-7-12-31(36-30)38-27-10-4-3-8-24(27)25-9-5-6-17-33(25,38)2/h3-19,25,29H,1-2H3. The van der Waals surface area contributed by atoms with Crippen LogP contribution in [0.25, 0.3) is 0 Å². The second-order valence-electron chi connectivity index (χ2n) is 10.7. The zero-order valence-corrected chi connectivity index (χ0v) is 21.2. The van der Waals surface area contributed by atoms with Crippen LogP contribution in [-0.4, -0.2) is 16.6 Å². The van der Waals surface area contributed by atoms with Crippen molar-refractivity contribution in [3.63, 3.8) is 0 Å². The third-order valence-corrected chi connectivity index (χ3v) is 8.57. The molecule has 182 valence electrons. The topological polar surface area (TPSA) is 67.0 Å². The van der Waals surface area contributed by atoms with Crippen LogP contribution in [0.2, 0.25) is 0 Å². The lowest BCUT2D eigenvalue weighted by molar-refractivity contribution is 0.536. The molecule has 5 heteroatoms. The van der Waals surface area contributed by atoms with Gasteiger partial charge in [-0.05, 0) is 67.4 Å². The number of hydrogen-bond acceptors (Lipinski definition) is 5. The Hall–Kier alpha value is -4.87. The maximum atomic E-state index is 9.65. The molecule has 5 nitrogen and oxygen atoms in total. The first-order valence-electron chi connectivity index (χ1n) is 12.9. The number of hydrogen-bond donors (Lipinski definition) is 0. The van der Waals surface area contributed by atoms with Crippen molar-refractivity contribution in [3.8, 4) is 12.1 Å². The fourth-order valence-corrected chi connectivity index (χ4v) is 6.79. The largest absolute Gasteiger partial charge is 0.318 e. The molecule has 0 fully saturated rings. The Balaban J connectivity index is 1.39. The summed E-state index contributed by atoms with van der Waals surface area (Å²) in [6, 6.07) is 25.1. The van der Waals surface area contributed by atoms with Gasteiger partial charge >= 0.3 is 0 Å². The second-order valence-corrected chi connectivity index (χ2v) is 10.7. The zero-order chi connectivity index (χ0) is 26.1. The second kappa shape index (κ2) is 7.81. The summed E-state index contributed by atoms with van der Waals surface area (Å²) in [7, 11) is 0. The van der Waals surface area contributed by atoms with E-state index < -0.39 is 5.41 Å². The van der Waals surface area contributed by atoms with Crippen LogP contribution in [0, 0.1) is 22.7 Å². The monoisotopic (exact) mass is 491 g/mol. The van der Waals surface area contributed by atoms with E-state index in [9.17, 15) is 10.5 Å². The van der Waals surface area contributed by atoms with Gasteiger partial charge in [0.1, 0.15) is 11.6 Å². The molecule has 4 atom stereocenters. The van der Waals surface area contributed by atoms with E-state index in [0.717, 1.165) is 22.9 Å². The van der Waals surface area contributed by atoms with E-state index in [2.05, 4.69) is 103 Å². The summed E-state index contributed by atoms with van der Waals surface area (Å²) < 4.78 is 0. The molecule has 0 saturated carbocycles. The highest BCUT2D eigenvalue weighted by atomic mass is 15.3. The molecule has 0 N–H and O–H groups in total. The Kier molecular flexibility index (Phi) is 4.59. The molecule has 38 heavy (non-hydrogen) atoms. The first-order chi connectivity index (χ1) is 18.5. The Bertz CT molecular complexity index is 1710. The van der Waals surface area contributed by atoms with Gasteiger partial charge in [-0.3, -0.25) is 0 Å². The number of aromatic nitrogens is 1. The van der Waals surface area contributed by atoms with Crippen LogP contribution < -0.4 is 9.80 Å². The first kappa shape index (κ1) is 22.3. The Morgan fingerprint density at radius 2 is 1.71 bits per heavy atom. The number of allylic oxidation sites excluding steroid dienone is 4. The van der Waals surface area contributed by atoms with E-state index in [1.807, 2.05) is 36.4 Å². The Labute approximate surface area is 222 Å². The first-order valence-corrected chi connectivity index (χ1v) is 12.9. The van der Waals surface area contributed by atoms with Crippen molar-refractivity contribution in [2.45, 2.75) is 36.8 Å². The molecular weight excluding hydrogens is 466 g/mol. The quantitative estimate of drug-likeness (QED) is 0.391. The van der Waals surface area contributed by atoms with Crippen molar-refractivity contribution in [1.29, 1.82) is 10.5 Å². The van der Waals surface area contributed by atoms with E-state index in [1.165, 1.54) is 11.3 Å². The molecule has 0 amide bonds. The van der Waals surface area contributed by atoms with Gasteiger partial charge in [0.15, 0.2) is 0 Å². The molecule has 7 rings (SSSR count). The predicted molar refractivity (Wildman–Crippen MR) is 150 cm³/mol. The molecule has 3 heterocycles. The molecule has 0 bridgehead atoms. The Morgan fingerprint density at radius 3 is 2.55 bits per heavy atom. The molecule has 0 radical (unpaired) electrons. The van der Waals surface area contributed by atoms with Gasteiger partial charge in [-0.2, -0.15) is 10.5 Å². The van der Waals surface area contributed by atoms with E-state index >= 15 is 0 Å². The maximum Gasteiger partial charge on any atom is 0.136 e. The van der Waals surface area contributed by atoms with Crippen LogP contribution >= 0.6 is 0 Å². The van der Waals surface area contributed by atoms with Gasteiger partial charge in [-0.1, -0.05) is 60.7 Å². The van der Waals surface area contributed by atoms with Gasteiger partial charge in [0.2, 0.25) is 0 Å². The highest BCUT2D eigenvalue weighted by Crippen LogP contribution is 2.55. The molecule has 4 unspecified atom stereocenters. The molecule has 1 aromatic heterocycles. The summed E-state index contributed by atoms with van der Waals surface area (Å²) in [4.78, 5) is 9.89. The van der Waals surface area contributed by atoms with Gasteiger partial charge in [-0.15, -0.1) is 0 Å². The summed E-state index contributed by atoms with van der Waals surface area (Å²) in [6.45, 7) is 4.42. The van der Waals surface area contributed by atoms with E-state index in [1.54, 1.807) is 0 Å². The minimum atomic E-state index is -0.464. The SMILES string of the molecule is CC12C=C(C#N)C=CC1N(c1cccc(N3c4ccccc4C4C=CC=CC43C)n1)c1ccc(C#N)cc12. The van der Waals surface area contributed by atoms with Gasteiger partial charge in [-0.25, -0.2) is 4.98 Å². The lowest BCUT2D eigenvalue weighted by Gasteiger charge is -2.39. The van der Waals surface area contributed by atoms with Crippen molar-refractivity contribution in [2.75, 3.05) is 9.80 Å². The summed E-state index contributed by atoms with van der Waals surface area (Å²) in [5.41, 5.74) is 5.02. The van der Waals surface area contributed by atoms with Crippen molar-refractivity contribution in [1.82, 2.24) is 4.98 Å². The average molecular weight is 492 g/mol. The molecule has 2 aliphatic heterocycles.